The molecule has 2 saturated heterocycles. The van der Waals surface area contributed by atoms with Gasteiger partial charge in [-0.15, -0.1) is 0 Å². The molecule has 1 aromatic carbocycles. The third-order valence-corrected chi connectivity index (χ3v) is 7.20. The van der Waals surface area contributed by atoms with Crippen LogP contribution in [0.3, 0.4) is 0 Å². The van der Waals surface area contributed by atoms with E-state index in [9.17, 15) is 19.4 Å². The molecule has 2 N–H and O–H groups in total. The zero-order chi connectivity index (χ0) is 26.1. The summed E-state index contributed by atoms with van der Waals surface area (Å²) < 4.78 is 13.6. The molecule has 3 aromatic rings. The fourth-order valence-electron chi connectivity index (χ4n) is 5.26. The van der Waals surface area contributed by atoms with E-state index in [2.05, 4.69) is 26.6 Å². The Morgan fingerprint density at radius 2 is 1.89 bits per heavy atom. The van der Waals surface area contributed by atoms with Crippen molar-refractivity contribution in [3.05, 3.63) is 59.5 Å². The summed E-state index contributed by atoms with van der Waals surface area (Å²) >= 11 is 0. The molecule has 5 rings (SSSR count). The van der Waals surface area contributed by atoms with Gasteiger partial charge >= 0.3 is 5.97 Å². The van der Waals surface area contributed by atoms with Crippen LogP contribution in [0, 0.1) is 12.7 Å². The van der Waals surface area contributed by atoms with Crippen molar-refractivity contribution in [3.63, 3.8) is 0 Å². The highest BCUT2D eigenvalue weighted by atomic mass is 19.1. The molecule has 194 valence electrons. The summed E-state index contributed by atoms with van der Waals surface area (Å²) in [5, 5.41) is 19.1. The van der Waals surface area contributed by atoms with Crippen LogP contribution < -0.4 is 14.7 Å². The molecule has 2 atom stereocenters. The fourth-order valence-corrected chi connectivity index (χ4v) is 5.26. The average molecular weight is 507 g/mol. The van der Waals surface area contributed by atoms with E-state index in [1.165, 1.54) is 18.3 Å². The molecule has 37 heavy (non-hydrogen) atoms. The van der Waals surface area contributed by atoms with Crippen LogP contribution in [0.5, 0.6) is 0 Å². The number of hydrogen-bond donors (Lipinski definition) is 2. The molecular formula is C27H31FN6O3. The van der Waals surface area contributed by atoms with Gasteiger partial charge in [0.2, 0.25) is 5.95 Å². The van der Waals surface area contributed by atoms with Crippen molar-refractivity contribution in [2.75, 3.05) is 47.5 Å². The minimum Gasteiger partial charge on any atom is -0.478 e. The molecule has 0 aliphatic carbocycles. The number of carboxylic acids is 1. The van der Waals surface area contributed by atoms with Gasteiger partial charge in [0, 0.05) is 50.0 Å². The molecule has 0 saturated carbocycles. The SMILES string of the molecule is Cc1cc(C(=O)O)cnc1N1CCN(c2cc(-c3ccc(F)cc3)nc(N3CCCC3CO)n2)C(C)C1. The van der Waals surface area contributed by atoms with Gasteiger partial charge < -0.3 is 24.9 Å². The van der Waals surface area contributed by atoms with Crippen LogP contribution in [0.2, 0.25) is 0 Å². The topological polar surface area (TPSA) is 106 Å². The van der Waals surface area contributed by atoms with E-state index in [1.54, 1.807) is 18.2 Å². The smallest absolute Gasteiger partial charge is 0.337 e. The number of pyridine rings is 1. The number of rotatable bonds is 6. The number of aliphatic hydroxyl groups excluding tert-OH is 1. The van der Waals surface area contributed by atoms with Gasteiger partial charge in [0.25, 0.3) is 0 Å². The molecule has 0 radical (unpaired) electrons. The molecule has 2 aliphatic heterocycles. The van der Waals surface area contributed by atoms with Crippen LogP contribution in [0.1, 0.15) is 35.7 Å². The molecule has 10 heteroatoms. The van der Waals surface area contributed by atoms with Crippen molar-refractivity contribution in [3.8, 4) is 11.3 Å². The zero-order valence-electron chi connectivity index (χ0n) is 21.0. The second-order valence-electron chi connectivity index (χ2n) is 9.75. The minimum atomic E-state index is -0.988. The molecule has 4 heterocycles. The molecular weight excluding hydrogens is 475 g/mol. The number of piperazine rings is 1. The molecule has 2 aromatic heterocycles. The van der Waals surface area contributed by atoms with Crippen molar-refractivity contribution in [2.45, 2.75) is 38.8 Å². The first kappa shape index (κ1) is 24.9. The predicted octanol–water partition coefficient (Wildman–Crippen LogP) is 3.36. The Hall–Kier alpha value is -3.79. The number of benzene rings is 1. The maximum Gasteiger partial charge on any atom is 0.337 e. The Bertz CT molecular complexity index is 1290. The lowest BCUT2D eigenvalue weighted by Gasteiger charge is -2.41. The summed E-state index contributed by atoms with van der Waals surface area (Å²) in [6.07, 6.45) is 3.26. The van der Waals surface area contributed by atoms with Crippen LogP contribution in [0.15, 0.2) is 42.6 Å². The second kappa shape index (κ2) is 10.3. The lowest BCUT2D eigenvalue weighted by molar-refractivity contribution is 0.0696. The molecule has 2 aliphatic rings. The monoisotopic (exact) mass is 506 g/mol. The van der Waals surface area contributed by atoms with E-state index in [0.717, 1.165) is 42.1 Å². The summed E-state index contributed by atoms with van der Waals surface area (Å²) in [5.41, 5.74) is 2.51. The molecule has 9 nitrogen and oxygen atoms in total. The number of halogens is 1. The highest BCUT2D eigenvalue weighted by molar-refractivity contribution is 5.87. The highest BCUT2D eigenvalue weighted by Gasteiger charge is 2.30. The first-order chi connectivity index (χ1) is 17.8. The fraction of sp³-hybridized carbons (Fsp3) is 0.407. The van der Waals surface area contributed by atoms with Gasteiger partial charge in [0.15, 0.2) is 0 Å². The van der Waals surface area contributed by atoms with Gasteiger partial charge in [-0.05, 0) is 62.6 Å². The van der Waals surface area contributed by atoms with Gasteiger partial charge in [-0.25, -0.2) is 19.2 Å². The average Bonchev–Trinajstić information content (AvgIpc) is 3.38. The zero-order valence-corrected chi connectivity index (χ0v) is 21.0. The Balaban J connectivity index is 1.45. The third kappa shape index (κ3) is 5.06. The van der Waals surface area contributed by atoms with E-state index in [4.69, 9.17) is 9.97 Å². The summed E-state index contributed by atoms with van der Waals surface area (Å²) in [6, 6.07) is 9.95. The predicted molar refractivity (Wildman–Crippen MR) is 140 cm³/mol. The standard InChI is InChI=1S/C27H31FN6O3/c1-17-12-20(26(36)37)14-29-25(17)32-10-11-33(18(2)15-32)24-13-23(19-5-7-21(28)8-6-19)30-27(31-24)34-9-3-4-22(34)16-35/h5-8,12-14,18,22,35H,3-4,9-11,15-16H2,1-2H3,(H,36,37). The van der Waals surface area contributed by atoms with Crippen LogP contribution in [-0.2, 0) is 0 Å². The quantitative estimate of drug-likeness (QED) is 0.521. The lowest BCUT2D eigenvalue weighted by atomic mass is 10.1. The van der Waals surface area contributed by atoms with E-state index in [0.29, 0.717) is 31.3 Å². The first-order valence-electron chi connectivity index (χ1n) is 12.6. The van der Waals surface area contributed by atoms with Crippen molar-refractivity contribution in [1.82, 2.24) is 15.0 Å². The minimum absolute atomic E-state index is 0.0200. The number of aryl methyl sites for hydroxylation is 1. The first-order valence-corrected chi connectivity index (χ1v) is 12.6. The van der Waals surface area contributed by atoms with Gasteiger partial charge in [-0.1, -0.05) is 0 Å². The van der Waals surface area contributed by atoms with Crippen LogP contribution >= 0.6 is 0 Å². The normalized spacial score (nSPS) is 19.9. The van der Waals surface area contributed by atoms with E-state index < -0.39 is 5.97 Å². The van der Waals surface area contributed by atoms with E-state index >= 15 is 0 Å². The Labute approximate surface area is 215 Å². The summed E-state index contributed by atoms with van der Waals surface area (Å²) in [4.78, 5) is 32.0. The molecule has 0 amide bonds. The summed E-state index contributed by atoms with van der Waals surface area (Å²) in [5.74, 6) is 0.854. The maximum atomic E-state index is 13.6. The number of hydrogen-bond acceptors (Lipinski definition) is 8. The summed E-state index contributed by atoms with van der Waals surface area (Å²) in [7, 11) is 0. The number of anilines is 3. The van der Waals surface area contributed by atoms with E-state index in [-0.39, 0.29) is 30.1 Å². The van der Waals surface area contributed by atoms with Crippen molar-refractivity contribution in [1.29, 1.82) is 0 Å². The molecule has 0 spiro atoms. The molecule has 2 fully saturated rings. The van der Waals surface area contributed by atoms with Crippen molar-refractivity contribution in [2.24, 2.45) is 0 Å². The maximum absolute atomic E-state index is 13.6. The number of nitrogens with zero attached hydrogens (tertiary/aromatic N) is 6. The largest absolute Gasteiger partial charge is 0.478 e. The highest BCUT2D eigenvalue weighted by Crippen LogP contribution is 2.31. The number of aromatic nitrogens is 3. The second-order valence-corrected chi connectivity index (χ2v) is 9.75. The van der Waals surface area contributed by atoms with Crippen molar-refractivity contribution >= 4 is 23.6 Å². The number of aromatic carboxylic acids is 1. The van der Waals surface area contributed by atoms with Crippen LogP contribution in [-0.4, -0.2) is 76.0 Å². The van der Waals surface area contributed by atoms with Crippen LogP contribution in [0.4, 0.5) is 22.0 Å². The number of carbonyl (C=O) groups is 1. The third-order valence-electron chi connectivity index (χ3n) is 7.20. The van der Waals surface area contributed by atoms with Crippen molar-refractivity contribution < 1.29 is 19.4 Å². The van der Waals surface area contributed by atoms with Gasteiger partial charge in [0.05, 0.1) is 23.9 Å². The van der Waals surface area contributed by atoms with E-state index in [1.807, 2.05) is 13.0 Å². The molecule has 2 unspecified atom stereocenters. The molecule has 0 bridgehead atoms. The Morgan fingerprint density at radius 1 is 1.11 bits per heavy atom. The van der Waals surface area contributed by atoms with Gasteiger partial charge in [-0.2, -0.15) is 4.98 Å². The van der Waals surface area contributed by atoms with Gasteiger partial charge in [0.1, 0.15) is 17.5 Å². The Kier molecular flexibility index (Phi) is 6.92. The lowest BCUT2D eigenvalue weighted by Crippen LogP contribution is -2.53. The Morgan fingerprint density at radius 3 is 2.57 bits per heavy atom. The van der Waals surface area contributed by atoms with Crippen LogP contribution in [0.25, 0.3) is 11.3 Å². The number of carboxylic acid groups (broad SMARTS) is 1. The summed E-state index contributed by atoms with van der Waals surface area (Å²) in [6.45, 7) is 6.89. The number of aliphatic hydroxyl groups is 1. The van der Waals surface area contributed by atoms with Gasteiger partial charge in [-0.3, -0.25) is 0 Å².